The Labute approximate surface area is 124 Å². The Hall–Kier alpha value is -2.23. The lowest BCUT2D eigenvalue weighted by atomic mass is 9.97. The second-order valence-corrected chi connectivity index (χ2v) is 6.73. The van der Waals surface area contributed by atoms with Gasteiger partial charge in [-0.05, 0) is 43.7 Å². The number of nitriles is 1. The maximum atomic E-state index is 12.5. The molecule has 0 fully saturated rings. The SMILES string of the molecule is CC(C)(NS(=O)(=O)c1ccccc1C#N)c1ccncc1. The van der Waals surface area contributed by atoms with Crippen LogP contribution in [0, 0.1) is 11.3 Å². The van der Waals surface area contributed by atoms with Crippen molar-refractivity contribution in [3.8, 4) is 6.07 Å². The first-order valence-corrected chi connectivity index (χ1v) is 7.79. The fourth-order valence-corrected chi connectivity index (χ4v) is 3.57. The molecule has 0 amide bonds. The lowest BCUT2D eigenvalue weighted by Crippen LogP contribution is -2.41. The third-order valence-electron chi connectivity index (χ3n) is 3.09. The molecule has 0 spiro atoms. The van der Waals surface area contributed by atoms with E-state index in [4.69, 9.17) is 5.26 Å². The standard InChI is InChI=1S/C15H15N3O2S/c1-15(2,13-7-9-17-10-8-13)18-21(19,20)14-6-4-3-5-12(14)11-16/h3-10,18H,1-2H3. The molecular formula is C15H15N3O2S. The maximum Gasteiger partial charge on any atom is 0.242 e. The lowest BCUT2D eigenvalue weighted by molar-refractivity contribution is 0.471. The van der Waals surface area contributed by atoms with E-state index in [2.05, 4.69) is 9.71 Å². The van der Waals surface area contributed by atoms with E-state index in [0.717, 1.165) is 5.56 Å². The first kappa shape index (κ1) is 15.2. The summed E-state index contributed by atoms with van der Waals surface area (Å²) >= 11 is 0. The van der Waals surface area contributed by atoms with Crippen LogP contribution in [0.1, 0.15) is 25.0 Å². The van der Waals surface area contributed by atoms with Gasteiger partial charge in [0.05, 0.1) is 16.0 Å². The van der Waals surface area contributed by atoms with Gasteiger partial charge < -0.3 is 0 Å². The van der Waals surface area contributed by atoms with E-state index in [1.165, 1.54) is 12.1 Å². The van der Waals surface area contributed by atoms with Crippen LogP contribution in [0.15, 0.2) is 53.7 Å². The molecule has 108 valence electrons. The van der Waals surface area contributed by atoms with E-state index >= 15 is 0 Å². The fraction of sp³-hybridized carbons (Fsp3) is 0.200. The van der Waals surface area contributed by atoms with E-state index in [1.54, 1.807) is 50.5 Å². The second kappa shape index (κ2) is 5.64. The number of aromatic nitrogens is 1. The molecule has 2 rings (SSSR count). The van der Waals surface area contributed by atoms with Crippen LogP contribution in [-0.2, 0) is 15.6 Å². The summed E-state index contributed by atoms with van der Waals surface area (Å²) in [7, 11) is -3.80. The average Bonchev–Trinajstić information content (AvgIpc) is 2.47. The third-order valence-corrected chi connectivity index (χ3v) is 4.80. The molecule has 1 aromatic carbocycles. The minimum atomic E-state index is -3.80. The van der Waals surface area contributed by atoms with Crippen molar-refractivity contribution in [1.29, 1.82) is 5.26 Å². The molecule has 0 saturated heterocycles. The minimum absolute atomic E-state index is 0.0189. The van der Waals surface area contributed by atoms with E-state index in [0.29, 0.717) is 0 Å². The summed E-state index contributed by atoms with van der Waals surface area (Å²) in [6.07, 6.45) is 3.21. The van der Waals surface area contributed by atoms with Gasteiger partial charge in [-0.25, -0.2) is 13.1 Å². The van der Waals surface area contributed by atoms with Crippen molar-refractivity contribution in [2.45, 2.75) is 24.3 Å². The number of hydrogen-bond acceptors (Lipinski definition) is 4. The Morgan fingerprint density at radius 2 is 1.76 bits per heavy atom. The number of pyridine rings is 1. The number of nitrogens with one attached hydrogen (secondary N) is 1. The van der Waals surface area contributed by atoms with Gasteiger partial charge in [-0.15, -0.1) is 0 Å². The highest BCUT2D eigenvalue weighted by Gasteiger charge is 2.29. The first-order valence-electron chi connectivity index (χ1n) is 6.30. The summed E-state index contributed by atoms with van der Waals surface area (Å²) in [4.78, 5) is 3.90. The summed E-state index contributed by atoms with van der Waals surface area (Å²) in [5.74, 6) is 0. The van der Waals surface area contributed by atoms with Gasteiger partial charge in [0.2, 0.25) is 10.0 Å². The second-order valence-electron chi connectivity index (χ2n) is 5.07. The Kier molecular flexibility index (Phi) is 4.07. The molecule has 6 heteroatoms. The number of nitrogens with zero attached hydrogens (tertiary/aromatic N) is 2. The zero-order chi connectivity index (χ0) is 15.5. The van der Waals surface area contributed by atoms with Crippen LogP contribution in [0.3, 0.4) is 0 Å². The van der Waals surface area contributed by atoms with Crippen LogP contribution in [0.2, 0.25) is 0 Å². The summed E-state index contributed by atoms with van der Waals surface area (Å²) in [6.45, 7) is 3.52. The van der Waals surface area contributed by atoms with Gasteiger partial charge in [-0.2, -0.15) is 5.26 Å². The van der Waals surface area contributed by atoms with Crippen molar-refractivity contribution >= 4 is 10.0 Å². The monoisotopic (exact) mass is 301 g/mol. The minimum Gasteiger partial charge on any atom is -0.265 e. The molecule has 0 atom stereocenters. The average molecular weight is 301 g/mol. The molecule has 0 unspecified atom stereocenters. The molecule has 0 aliphatic heterocycles. The highest BCUT2D eigenvalue weighted by atomic mass is 32.2. The van der Waals surface area contributed by atoms with Crippen LogP contribution in [0.4, 0.5) is 0 Å². The highest BCUT2D eigenvalue weighted by Crippen LogP contribution is 2.23. The van der Waals surface area contributed by atoms with Gasteiger partial charge in [0.15, 0.2) is 0 Å². The fourth-order valence-electron chi connectivity index (χ4n) is 2.01. The van der Waals surface area contributed by atoms with Crippen LogP contribution < -0.4 is 4.72 Å². The molecule has 1 heterocycles. The van der Waals surface area contributed by atoms with Gasteiger partial charge in [0.1, 0.15) is 6.07 Å². The summed E-state index contributed by atoms with van der Waals surface area (Å²) < 4.78 is 27.7. The Morgan fingerprint density at radius 1 is 1.14 bits per heavy atom. The Bertz CT molecular complexity index is 778. The van der Waals surface area contributed by atoms with Crippen molar-refractivity contribution in [2.24, 2.45) is 0 Å². The first-order chi connectivity index (χ1) is 9.87. The van der Waals surface area contributed by atoms with Crippen LogP contribution in [0.25, 0.3) is 0 Å². The van der Waals surface area contributed by atoms with Crippen molar-refractivity contribution in [3.05, 3.63) is 59.9 Å². The molecule has 1 N–H and O–H groups in total. The molecule has 21 heavy (non-hydrogen) atoms. The Balaban J connectivity index is 2.41. The predicted molar refractivity (Wildman–Crippen MR) is 78.7 cm³/mol. The number of benzene rings is 1. The molecule has 1 aromatic heterocycles. The normalized spacial score (nSPS) is 11.9. The van der Waals surface area contributed by atoms with Crippen molar-refractivity contribution in [1.82, 2.24) is 9.71 Å². The van der Waals surface area contributed by atoms with Crippen LogP contribution in [0.5, 0.6) is 0 Å². The summed E-state index contributed by atoms with van der Waals surface area (Å²) in [5.41, 5.74) is 0.0932. The van der Waals surface area contributed by atoms with E-state index in [9.17, 15) is 8.42 Å². The van der Waals surface area contributed by atoms with Crippen molar-refractivity contribution in [2.75, 3.05) is 0 Å². The smallest absolute Gasteiger partial charge is 0.242 e. The topological polar surface area (TPSA) is 82.9 Å². The van der Waals surface area contributed by atoms with Crippen molar-refractivity contribution in [3.63, 3.8) is 0 Å². The molecule has 0 radical (unpaired) electrons. The lowest BCUT2D eigenvalue weighted by Gasteiger charge is -2.26. The zero-order valence-electron chi connectivity index (χ0n) is 11.7. The quantitative estimate of drug-likeness (QED) is 0.938. The van der Waals surface area contributed by atoms with E-state index in [-0.39, 0.29) is 10.5 Å². The maximum absolute atomic E-state index is 12.5. The number of rotatable bonds is 4. The molecule has 2 aromatic rings. The van der Waals surface area contributed by atoms with Crippen LogP contribution in [-0.4, -0.2) is 13.4 Å². The van der Waals surface area contributed by atoms with Gasteiger partial charge in [0.25, 0.3) is 0 Å². The Morgan fingerprint density at radius 3 is 2.38 bits per heavy atom. The van der Waals surface area contributed by atoms with Crippen LogP contribution >= 0.6 is 0 Å². The van der Waals surface area contributed by atoms with Gasteiger partial charge in [0, 0.05) is 12.4 Å². The van der Waals surface area contributed by atoms with Gasteiger partial charge in [-0.1, -0.05) is 12.1 Å². The third kappa shape index (κ3) is 3.27. The number of hydrogen-bond donors (Lipinski definition) is 1. The van der Waals surface area contributed by atoms with Gasteiger partial charge >= 0.3 is 0 Å². The molecule has 0 saturated carbocycles. The van der Waals surface area contributed by atoms with Crippen molar-refractivity contribution < 1.29 is 8.42 Å². The molecular weight excluding hydrogens is 286 g/mol. The van der Waals surface area contributed by atoms with E-state index < -0.39 is 15.6 Å². The molecule has 5 nitrogen and oxygen atoms in total. The zero-order valence-corrected chi connectivity index (χ0v) is 12.6. The largest absolute Gasteiger partial charge is 0.265 e. The number of sulfonamides is 1. The van der Waals surface area contributed by atoms with E-state index in [1.807, 2.05) is 6.07 Å². The summed E-state index contributed by atoms with van der Waals surface area (Å²) in [5, 5.41) is 9.05. The molecule has 0 aliphatic rings. The van der Waals surface area contributed by atoms with Gasteiger partial charge in [-0.3, -0.25) is 4.98 Å². The molecule has 0 aliphatic carbocycles. The summed E-state index contributed by atoms with van der Waals surface area (Å²) in [6, 6.07) is 11.5. The highest BCUT2D eigenvalue weighted by molar-refractivity contribution is 7.89. The molecule has 0 bridgehead atoms. The predicted octanol–water partition coefficient (Wildman–Crippen LogP) is 2.17.